The molecule has 0 saturated carbocycles. The normalized spacial score (nSPS) is 16.5. The van der Waals surface area contributed by atoms with Gasteiger partial charge in [0, 0.05) is 4.88 Å². The molecule has 2 rings (SSSR count). The molecular formula is C7H8S. The Morgan fingerprint density at radius 2 is 2.38 bits per heavy atom. The van der Waals surface area contributed by atoms with E-state index in [9.17, 15) is 0 Å². The van der Waals surface area contributed by atoms with Crippen molar-refractivity contribution in [3.8, 4) is 0 Å². The summed E-state index contributed by atoms with van der Waals surface area (Å²) >= 11 is 1.91. The van der Waals surface area contributed by atoms with Crippen LogP contribution in [-0.2, 0) is 12.8 Å². The van der Waals surface area contributed by atoms with E-state index in [2.05, 4.69) is 11.4 Å². The minimum absolute atomic E-state index is 1.33. The zero-order chi connectivity index (χ0) is 5.40. The second-order valence-electron chi connectivity index (χ2n) is 2.22. The second-order valence-corrected chi connectivity index (χ2v) is 3.22. The maximum Gasteiger partial charge on any atom is 0.00773 e. The van der Waals surface area contributed by atoms with Crippen molar-refractivity contribution >= 4 is 11.3 Å². The molecule has 0 amide bonds. The van der Waals surface area contributed by atoms with Crippen molar-refractivity contribution in [1.29, 1.82) is 0 Å². The molecule has 0 aromatic carbocycles. The molecule has 1 aliphatic rings. The Morgan fingerprint density at radius 1 is 1.38 bits per heavy atom. The second kappa shape index (κ2) is 1.59. The zero-order valence-electron chi connectivity index (χ0n) is 4.68. The molecule has 1 aromatic heterocycles. The molecule has 0 radical (unpaired) electrons. The Balaban J connectivity index is 2.54. The van der Waals surface area contributed by atoms with Gasteiger partial charge in [0.25, 0.3) is 0 Å². The Labute approximate surface area is 53.2 Å². The predicted octanol–water partition coefficient (Wildman–Crippen LogP) is 2.24. The van der Waals surface area contributed by atoms with E-state index < -0.39 is 0 Å². The van der Waals surface area contributed by atoms with E-state index in [0.29, 0.717) is 0 Å². The van der Waals surface area contributed by atoms with Gasteiger partial charge < -0.3 is 0 Å². The van der Waals surface area contributed by atoms with Crippen LogP contribution in [0.3, 0.4) is 0 Å². The van der Waals surface area contributed by atoms with Gasteiger partial charge in [-0.15, -0.1) is 11.3 Å². The van der Waals surface area contributed by atoms with Gasteiger partial charge >= 0.3 is 0 Å². The molecule has 0 bridgehead atoms. The highest BCUT2D eigenvalue weighted by Crippen LogP contribution is 2.26. The standard InChI is InChI=1S/C7H8S/c1-2-6-4-5-8-7(6)3-1/h4-5H,1-3H2. The molecule has 8 heavy (non-hydrogen) atoms. The summed E-state index contributed by atoms with van der Waals surface area (Å²) in [5, 5.41) is 2.20. The number of thiophene rings is 1. The van der Waals surface area contributed by atoms with Crippen LogP contribution in [0.1, 0.15) is 16.9 Å². The molecule has 0 atom stereocenters. The molecule has 0 saturated heterocycles. The summed E-state index contributed by atoms with van der Waals surface area (Å²) in [6, 6.07) is 2.26. The number of hydrogen-bond donors (Lipinski definition) is 0. The molecular weight excluding hydrogens is 116 g/mol. The predicted molar refractivity (Wildman–Crippen MR) is 36.3 cm³/mol. The van der Waals surface area contributed by atoms with Crippen molar-refractivity contribution in [3.05, 3.63) is 21.9 Å². The van der Waals surface area contributed by atoms with Crippen LogP contribution < -0.4 is 0 Å². The van der Waals surface area contributed by atoms with Crippen LogP contribution in [0.15, 0.2) is 11.4 Å². The van der Waals surface area contributed by atoms with Gasteiger partial charge in [-0.3, -0.25) is 0 Å². The maximum atomic E-state index is 2.26. The molecule has 0 aliphatic heterocycles. The maximum absolute atomic E-state index is 2.26. The van der Waals surface area contributed by atoms with Crippen LogP contribution in [-0.4, -0.2) is 0 Å². The van der Waals surface area contributed by atoms with Crippen molar-refractivity contribution in [3.63, 3.8) is 0 Å². The molecule has 1 aromatic rings. The van der Waals surface area contributed by atoms with Crippen molar-refractivity contribution in [1.82, 2.24) is 0 Å². The van der Waals surface area contributed by atoms with Gasteiger partial charge in [0.1, 0.15) is 0 Å². The smallest absolute Gasteiger partial charge is 0.00773 e. The van der Waals surface area contributed by atoms with Gasteiger partial charge in [-0.05, 0) is 36.3 Å². The highest BCUT2D eigenvalue weighted by Gasteiger charge is 2.09. The molecule has 0 N–H and O–H groups in total. The zero-order valence-corrected chi connectivity index (χ0v) is 5.50. The summed E-state index contributed by atoms with van der Waals surface area (Å²) in [6.45, 7) is 0. The van der Waals surface area contributed by atoms with Crippen LogP contribution in [0.2, 0.25) is 0 Å². The lowest BCUT2D eigenvalue weighted by Crippen LogP contribution is -1.66. The highest BCUT2D eigenvalue weighted by atomic mass is 32.1. The van der Waals surface area contributed by atoms with Crippen LogP contribution >= 0.6 is 11.3 Å². The summed E-state index contributed by atoms with van der Waals surface area (Å²) in [4.78, 5) is 1.63. The van der Waals surface area contributed by atoms with E-state index in [0.717, 1.165) is 0 Å². The molecule has 0 unspecified atom stereocenters. The monoisotopic (exact) mass is 124 g/mol. The van der Waals surface area contributed by atoms with Crippen molar-refractivity contribution in [2.24, 2.45) is 0 Å². The van der Waals surface area contributed by atoms with E-state index >= 15 is 0 Å². The molecule has 42 valence electrons. The van der Waals surface area contributed by atoms with E-state index in [1.54, 1.807) is 10.4 Å². The van der Waals surface area contributed by atoms with E-state index in [4.69, 9.17) is 0 Å². The molecule has 1 heteroatoms. The quantitative estimate of drug-likeness (QED) is 0.497. The third kappa shape index (κ3) is 0.511. The lowest BCUT2D eigenvalue weighted by molar-refractivity contribution is 0.915. The third-order valence-corrected chi connectivity index (χ3v) is 2.71. The average Bonchev–Trinajstić information content (AvgIpc) is 2.15. The lowest BCUT2D eigenvalue weighted by atomic mass is 10.3. The fourth-order valence-electron chi connectivity index (χ4n) is 1.25. The van der Waals surface area contributed by atoms with Gasteiger partial charge in [-0.25, -0.2) is 0 Å². The van der Waals surface area contributed by atoms with Gasteiger partial charge in [-0.2, -0.15) is 0 Å². The number of fused-ring (bicyclic) bond motifs is 1. The summed E-state index contributed by atoms with van der Waals surface area (Å²) in [5.74, 6) is 0. The molecule has 0 fully saturated rings. The fourth-order valence-corrected chi connectivity index (χ4v) is 2.23. The molecule has 0 nitrogen and oxygen atoms in total. The first-order valence-corrected chi connectivity index (χ1v) is 3.90. The van der Waals surface area contributed by atoms with Crippen LogP contribution in [0, 0.1) is 0 Å². The highest BCUT2D eigenvalue weighted by molar-refractivity contribution is 7.10. The topological polar surface area (TPSA) is 0 Å². The summed E-state index contributed by atoms with van der Waals surface area (Å²) in [5.41, 5.74) is 1.61. The van der Waals surface area contributed by atoms with Crippen LogP contribution in [0.25, 0.3) is 0 Å². The Morgan fingerprint density at radius 3 is 3.25 bits per heavy atom. The van der Waals surface area contributed by atoms with Gasteiger partial charge in [0.2, 0.25) is 0 Å². The summed E-state index contributed by atoms with van der Waals surface area (Å²) in [6.07, 6.45) is 4.06. The first-order chi connectivity index (χ1) is 3.97. The average molecular weight is 124 g/mol. The minimum atomic E-state index is 1.33. The van der Waals surface area contributed by atoms with E-state index in [1.807, 2.05) is 11.3 Å². The number of hydrogen-bond acceptors (Lipinski definition) is 1. The SMILES string of the molecule is c1cc2c(s1)CCC2. The number of rotatable bonds is 0. The molecule has 1 aliphatic carbocycles. The Hall–Kier alpha value is -0.300. The first-order valence-electron chi connectivity index (χ1n) is 3.02. The largest absolute Gasteiger partial charge is 0.149 e. The van der Waals surface area contributed by atoms with Gasteiger partial charge in [-0.1, -0.05) is 0 Å². The van der Waals surface area contributed by atoms with Crippen LogP contribution in [0.4, 0.5) is 0 Å². The summed E-state index contributed by atoms with van der Waals surface area (Å²) in [7, 11) is 0. The fraction of sp³-hybridized carbons (Fsp3) is 0.429. The Kier molecular flexibility index (Phi) is 0.908. The van der Waals surface area contributed by atoms with Crippen molar-refractivity contribution in [2.75, 3.05) is 0 Å². The molecule has 1 heterocycles. The van der Waals surface area contributed by atoms with Gasteiger partial charge in [0.05, 0.1) is 0 Å². The molecule has 0 spiro atoms. The van der Waals surface area contributed by atoms with Gasteiger partial charge in [0.15, 0.2) is 0 Å². The van der Waals surface area contributed by atoms with Crippen LogP contribution in [0.5, 0.6) is 0 Å². The van der Waals surface area contributed by atoms with Crippen molar-refractivity contribution in [2.45, 2.75) is 19.3 Å². The lowest BCUT2D eigenvalue weighted by Gasteiger charge is -1.79. The first kappa shape index (κ1) is 4.57. The number of aryl methyl sites for hydroxylation is 2. The summed E-state index contributed by atoms with van der Waals surface area (Å²) < 4.78 is 0. The third-order valence-electron chi connectivity index (χ3n) is 1.69. The minimum Gasteiger partial charge on any atom is -0.149 e. The van der Waals surface area contributed by atoms with E-state index in [1.165, 1.54) is 19.3 Å². The Bertz CT molecular complexity index is 170. The van der Waals surface area contributed by atoms with Crippen molar-refractivity contribution < 1.29 is 0 Å². The van der Waals surface area contributed by atoms with E-state index in [-0.39, 0.29) is 0 Å².